The van der Waals surface area contributed by atoms with Gasteiger partial charge >= 0.3 is 5.97 Å². The van der Waals surface area contributed by atoms with E-state index in [0.29, 0.717) is 13.0 Å². The Hall–Kier alpha value is -2.03. The minimum Gasteiger partial charge on any atom is -0.466 e. The molecule has 0 aliphatic carbocycles. The third kappa shape index (κ3) is 4.28. The number of esters is 1. The molecular weight excluding hydrogens is 238 g/mol. The van der Waals surface area contributed by atoms with E-state index in [1.807, 2.05) is 25.3 Å². The van der Waals surface area contributed by atoms with E-state index in [2.05, 4.69) is 29.2 Å². The minimum atomic E-state index is -0.128. The normalized spacial score (nSPS) is 10.4. The second-order valence-corrected chi connectivity index (χ2v) is 4.50. The van der Waals surface area contributed by atoms with Crippen LogP contribution in [0.25, 0.3) is 0 Å². The van der Waals surface area contributed by atoms with Crippen LogP contribution in [0.1, 0.15) is 30.2 Å². The van der Waals surface area contributed by atoms with Crippen molar-refractivity contribution in [1.82, 2.24) is 4.98 Å². The molecule has 0 radical (unpaired) electrons. The lowest BCUT2D eigenvalue weighted by molar-refractivity contribution is -0.143. The number of aryl methyl sites for hydroxylation is 1. The van der Waals surface area contributed by atoms with Crippen molar-refractivity contribution in [2.75, 3.05) is 6.61 Å². The van der Waals surface area contributed by atoms with Crippen LogP contribution in [-0.4, -0.2) is 17.6 Å². The maximum Gasteiger partial charge on any atom is 0.306 e. The first-order valence-electron chi connectivity index (χ1n) is 6.63. The number of hydrogen-bond acceptors (Lipinski definition) is 2. The summed E-state index contributed by atoms with van der Waals surface area (Å²) in [5.74, 6) is -0.128. The highest BCUT2D eigenvalue weighted by molar-refractivity contribution is 5.69. The van der Waals surface area contributed by atoms with Crippen LogP contribution in [0.2, 0.25) is 0 Å². The number of carbonyl (C=O) groups is 1. The van der Waals surface area contributed by atoms with Crippen molar-refractivity contribution < 1.29 is 9.53 Å². The summed E-state index contributed by atoms with van der Waals surface area (Å²) in [5, 5.41) is 0. The van der Waals surface area contributed by atoms with Gasteiger partial charge in [0.25, 0.3) is 0 Å². The molecule has 2 aromatic rings. The first-order chi connectivity index (χ1) is 9.28. The Morgan fingerprint density at radius 2 is 2.05 bits per heavy atom. The summed E-state index contributed by atoms with van der Waals surface area (Å²) in [6.45, 7) is 2.28. The van der Waals surface area contributed by atoms with Crippen LogP contribution in [0.3, 0.4) is 0 Å². The maximum atomic E-state index is 11.3. The Morgan fingerprint density at radius 1 is 1.21 bits per heavy atom. The van der Waals surface area contributed by atoms with Crippen LogP contribution >= 0.6 is 0 Å². The smallest absolute Gasteiger partial charge is 0.306 e. The Bertz CT molecular complexity index is 517. The fourth-order valence-corrected chi connectivity index (χ4v) is 2.07. The Morgan fingerprint density at radius 3 is 2.79 bits per heavy atom. The summed E-state index contributed by atoms with van der Waals surface area (Å²) < 4.78 is 4.94. The molecule has 0 aliphatic heterocycles. The van der Waals surface area contributed by atoms with Crippen molar-refractivity contribution in [3.05, 3.63) is 59.4 Å². The Labute approximate surface area is 113 Å². The number of hydrogen-bond donors (Lipinski definition) is 1. The van der Waals surface area contributed by atoms with E-state index in [4.69, 9.17) is 4.74 Å². The van der Waals surface area contributed by atoms with Gasteiger partial charge in [0.05, 0.1) is 6.61 Å². The van der Waals surface area contributed by atoms with E-state index in [9.17, 15) is 4.79 Å². The molecule has 1 aromatic heterocycles. The number of rotatable bonds is 6. The molecule has 0 atom stereocenters. The molecule has 1 aromatic carbocycles. The number of aromatic nitrogens is 1. The quantitative estimate of drug-likeness (QED) is 0.808. The van der Waals surface area contributed by atoms with E-state index in [0.717, 1.165) is 12.8 Å². The number of ether oxygens (including phenoxy) is 1. The van der Waals surface area contributed by atoms with Crippen LogP contribution in [-0.2, 0) is 22.4 Å². The van der Waals surface area contributed by atoms with Crippen molar-refractivity contribution in [1.29, 1.82) is 0 Å². The summed E-state index contributed by atoms with van der Waals surface area (Å²) in [4.78, 5) is 14.5. The van der Waals surface area contributed by atoms with Gasteiger partial charge in [-0.1, -0.05) is 24.3 Å². The highest BCUT2D eigenvalue weighted by atomic mass is 16.5. The fraction of sp³-hybridized carbons (Fsp3) is 0.312. The molecule has 1 N–H and O–H groups in total. The molecule has 0 saturated carbocycles. The van der Waals surface area contributed by atoms with Gasteiger partial charge in [-0.05, 0) is 36.6 Å². The van der Waals surface area contributed by atoms with Crippen LogP contribution in [0.5, 0.6) is 0 Å². The van der Waals surface area contributed by atoms with Gasteiger partial charge in [-0.15, -0.1) is 0 Å². The van der Waals surface area contributed by atoms with Crippen molar-refractivity contribution in [2.24, 2.45) is 0 Å². The van der Waals surface area contributed by atoms with Crippen molar-refractivity contribution in [3.63, 3.8) is 0 Å². The molecule has 0 amide bonds. The third-order valence-electron chi connectivity index (χ3n) is 2.97. The zero-order valence-electron chi connectivity index (χ0n) is 11.2. The summed E-state index contributed by atoms with van der Waals surface area (Å²) >= 11 is 0. The maximum absolute atomic E-state index is 11.3. The van der Waals surface area contributed by atoms with E-state index < -0.39 is 0 Å². The van der Waals surface area contributed by atoms with Gasteiger partial charge in [-0.2, -0.15) is 0 Å². The lowest BCUT2D eigenvalue weighted by Gasteiger charge is -2.05. The first-order valence-corrected chi connectivity index (χ1v) is 6.63. The molecule has 3 nitrogen and oxygen atoms in total. The molecule has 0 aliphatic rings. The van der Waals surface area contributed by atoms with Crippen molar-refractivity contribution in [2.45, 2.75) is 26.2 Å². The van der Waals surface area contributed by atoms with E-state index >= 15 is 0 Å². The van der Waals surface area contributed by atoms with Gasteiger partial charge in [0.1, 0.15) is 0 Å². The molecule has 0 bridgehead atoms. The number of benzene rings is 1. The standard InChI is InChI=1S/C16H19NO2/c1-2-19-16(18)9-8-13-5-3-6-14(11-13)12-15-7-4-10-17-15/h3-7,10-11,17H,2,8-9,12H2,1H3. The topological polar surface area (TPSA) is 42.1 Å². The summed E-state index contributed by atoms with van der Waals surface area (Å²) in [6.07, 6.45) is 4.00. The van der Waals surface area contributed by atoms with Crippen LogP contribution < -0.4 is 0 Å². The largest absolute Gasteiger partial charge is 0.466 e. The zero-order valence-corrected chi connectivity index (χ0v) is 11.2. The van der Waals surface area contributed by atoms with Gasteiger partial charge in [-0.25, -0.2) is 0 Å². The van der Waals surface area contributed by atoms with E-state index in [1.54, 1.807) is 0 Å². The molecular formula is C16H19NO2. The zero-order chi connectivity index (χ0) is 13.5. The van der Waals surface area contributed by atoms with Gasteiger partial charge in [0, 0.05) is 24.7 Å². The number of nitrogens with one attached hydrogen (secondary N) is 1. The first kappa shape index (κ1) is 13.4. The number of carbonyl (C=O) groups excluding carboxylic acids is 1. The second kappa shape index (κ2) is 6.78. The lowest BCUT2D eigenvalue weighted by atomic mass is 10.0. The van der Waals surface area contributed by atoms with Gasteiger partial charge in [0.2, 0.25) is 0 Å². The molecule has 0 spiro atoms. The average Bonchev–Trinajstić information content (AvgIpc) is 2.90. The van der Waals surface area contributed by atoms with Gasteiger partial charge in [0.15, 0.2) is 0 Å². The van der Waals surface area contributed by atoms with Crippen molar-refractivity contribution in [3.8, 4) is 0 Å². The average molecular weight is 257 g/mol. The highest BCUT2D eigenvalue weighted by Gasteiger charge is 2.04. The van der Waals surface area contributed by atoms with Crippen LogP contribution in [0.4, 0.5) is 0 Å². The molecule has 19 heavy (non-hydrogen) atoms. The monoisotopic (exact) mass is 257 g/mol. The Balaban J connectivity index is 1.93. The second-order valence-electron chi connectivity index (χ2n) is 4.50. The third-order valence-corrected chi connectivity index (χ3v) is 2.97. The lowest BCUT2D eigenvalue weighted by Crippen LogP contribution is -2.05. The highest BCUT2D eigenvalue weighted by Crippen LogP contribution is 2.12. The predicted molar refractivity (Wildman–Crippen MR) is 75.0 cm³/mol. The molecule has 3 heteroatoms. The number of aromatic amines is 1. The Kier molecular flexibility index (Phi) is 4.78. The van der Waals surface area contributed by atoms with Gasteiger partial charge in [-0.3, -0.25) is 4.79 Å². The summed E-state index contributed by atoms with van der Waals surface area (Å²) in [5.41, 5.74) is 3.63. The van der Waals surface area contributed by atoms with Crippen molar-refractivity contribution >= 4 is 5.97 Å². The van der Waals surface area contributed by atoms with Crippen LogP contribution in [0.15, 0.2) is 42.6 Å². The molecule has 0 saturated heterocycles. The predicted octanol–water partition coefficient (Wildman–Crippen LogP) is 3.10. The molecule has 1 heterocycles. The number of H-pyrrole nitrogens is 1. The molecule has 0 fully saturated rings. The van der Waals surface area contributed by atoms with Crippen LogP contribution in [0, 0.1) is 0 Å². The molecule has 100 valence electrons. The fourth-order valence-electron chi connectivity index (χ4n) is 2.07. The summed E-state index contributed by atoms with van der Waals surface area (Å²) in [6, 6.07) is 12.4. The molecule has 0 unspecified atom stereocenters. The van der Waals surface area contributed by atoms with E-state index in [-0.39, 0.29) is 5.97 Å². The molecule has 2 rings (SSSR count). The summed E-state index contributed by atoms with van der Waals surface area (Å²) in [7, 11) is 0. The van der Waals surface area contributed by atoms with E-state index in [1.165, 1.54) is 16.8 Å². The minimum absolute atomic E-state index is 0.128. The van der Waals surface area contributed by atoms with Gasteiger partial charge < -0.3 is 9.72 Å². The SMILES string of the molecule is CCOC(=O)CCc1cccc(Cc2ccc[nH]2)c1.